The van der Waals surface area contributed by atoms with Gasteiger partial charge in [0.1, 0.15) is 6.61 Å². The van der Waals surface area contributed by atoms with Crippen molar-refractivity contribution in [3.05, 3.63) is 158 Å². The predicted octanol–water partition coefficient (Wildman–Crippen LogP) is 10.2. The van der Waals surface area contributed by atoms with E-state index in [1.165, 1.54) is 39.7 Å². The van der Waals surface area contributed by atoms with Crippen molar-refractivity contribution in [2.45, 2.75) is 38.2 Å². The van der Waals surface area contributed by atoms with Crippen molar-refractivity contribution < 1.29 is 14.3 Å². The highest BCUT2D eigenvalue weighted by Gasteiger charge is 2.35. The number of carbonyl (C=O) groups is 1. The second-order valence-corrected chi connectivity index (χ2v) is 14.9. The molecule has 0 unspecified atom stereocenters. The van der Waals surface area contributed by atoms with E-state index in [0.717, 1.165) is 47.2 Å². The smallest absolute Gasteiger partial charge is 0.264 e. The number of hydrogen-bond acceptors (Lipinski definition) is 6. The van der Waals surface area contributed by atoms with E-state index in [1.54, 1.807) is 0 Å². The third kappa shape index (κ3) is 7.08. The van der Waals surface area contributed by atoms with Crippen LogP contribution in [0.25, 0.3) is 6.08 Å². The minimum absolute atomic E-state index is 0.174. The Morgan fingerprint density at radius 3 is 2.06 bits per heavy atom. The lowest BCUT2D eigenvalue weighted by atomic mass is 9.76. The van der Waals surface area contributed by atoms with E-state index in [4.69, 9.17) is 14.5 Å². The van der Waals surface area contributed by atoms with Gasteiger partial charge in [0, 0.05) is 30.6 Å². The number of carbonyl (C=O) groups excluding carboxylic acids is 1. The molecule has 8 rings (SSSR count). The molecule has 6 nitrogen and oxygen atoms in total. The molecule has 3 heterocycles. The van der Waals surface area contributed by atoms with Crippen LogP contribution in [0.4, 0.5) is 11.4 Å². The van der Waals surface area contributed by atoms with E-state index in [0.29, 0.717) is 34.8 Å². The number of thioether (sulfide) groups is 1. The molecule has 2 atom stereocenters. The van der Waals surface area contributed by atoms with Crippen LogP contribution in [0, 0.1) is 0 Å². The van der Waals surface area contributed by atoms with E-state index in [-0.39, 0.29) is 17.7 Å². The van der Waals surface area contributed by atoms with Crippen molar-refractivity contribution in [2.75, 3.05) is 24.6 Å². The fourth-order valence-corrected chi connectivity index (χ4v) is 8.87. The maximum atomic E-state index is 13.3. The molecular formula is C43H38BrN3O3S. The van der Waals surface area contributed by atoms with E-state index in [9.17, 15) is 4.79 Å². The van der Waals surface area contributed by atoms with Crippen molar-refractivity contribution in [1.29, 1.82) is 0 Å². The van der Waals surface area contributed by atoms with Gasteiger partial charge in [-0.3, -0.25) is 4.79 Å². The first-order valence-corrected chi connectivity index (χ1v) is 19.1. The Hall–Kier alpha value is -4.79. The Labute approximate surface area is 311 Å². The minimum Gasteiger partial charge on any atom is -0.490 e. The fraction of sp³-hybridized carbons (Fsp3) is 0.209. The first-order valence-electron chi connectivity index (χ1n) is 17.5. The summed E-state index contributed by atoms with van der Waals surface area (Å²) in [7, 11) is 0. The van der Waals surface area contributed by atoms with Gasteiger partial charge in [0.25, 0.3) is 5.91 Å². The van der Waals surface area contributed by atoms with Crippen LogP contribution in [0.3, 0.4) is 0 Å². The molecule has 0 aromatic heterocycles. The Morgan fingerprint density at radius 2 is 1.45 bits per heavy atom. The van der Waals surface area contributed by atoms with Crippen LogP contribution < -0.4 is 19.7 Å². The molecular weight excluding hydrogens is 718 g/mol. The van der Waals surface area contributed by atoms with Gasteiger partial charge < -0.3 is 19.7 Å². The van der Waals surface area contributed by atoms with Crippen LogP contribution in [0.5, 0.6) is 11.5 Å². The number of nitrogens with one attached hydrogen (secondary N) is 1. The molecule has 0 spiro atoms. The summed E-state index contributed by atoms with van der Waals surface area (Å²) < 4.78 is 12.9. The van der Waals surface area contributed by atoms with Gasteiger partial charge in [-0.05, 0) is 111 Å². The number of rotatable bonds is 9. The lowest BCUT2D eigenvalue weighted by Gasteiger charge is -2.43. The highest BCUT2D eigenvalue weighted by atomic mass is 79.9. The normalized spacial score (nSPS) is 19.6. The number of ether oxygens (including phenoxy) is 2. The van der Waals surface area contributed by atoms with E-state index >= 15 is 0 Å². The first-order chi connectivity index (χ1) is 25.0. The summed E-state index contributed by atoms with van der Waals surface area (Å²) in [4.78, 5) is 21.6. The molecule has 0 radical (unpaired) electrons. The SMILES string of the molecule is CCOc1cc(/C=C2\SC(=Nc3cc4c5c(c3)[C@@H](c3ccccc3)CCN5CC[C@@H]4c3ccccc3)NC2=O)cc(Br)c1OCc1ccccc1. The number of anilines is 1. The van der Waals surface area contributed by atoms with Gasteiger partial charge in [-0.1, -0.05) is 91.0 Å². The highest BCUT2D eigenvalue weighted by molar-refractivity contribution is 9.10. The highest BCUT2D eigenvalue weighted by Crippen LogP contribution is 2.50. The average Bonchev–Trinajstić information content (AvgIpc) is 3.50. The number of halogens is 1. The molecule has 3 aliphatic rings. The molecule has 5 aromatic rings. The summed E-state index contributed by atoms with van der Waals surface area (Å²) in [5, 5.41) is 3.60. The van der Waals surface area contributed by atoms with E-state index < -0.39 is 0 Å². The Balaban J connectivity index is 1.12. The Bertz CT molecular complexity index is 2050. The van der Waals surface area contributed by atoms with Crippen molar-refractivity contribution in [3.8, 4) is 11.5 Å². The number of nitrogens with zero attached hydrogens (tertiary/aromatic N) is 2. The molecule has 1 saturated heterocycles. The van der Waals surface area contributed by atoms with Crippen molar-refractivity contribution in [2.24, 2.45) is 4.99 Å². The van der Waals surface area contributed by atoms with Gasteiger partial charge in [0.2, 0.25) is 0 Å². The molecule has 0 aliphatic carbocycles. The third-order valence-corrected chi connectivity index (χ3v) is 11.2. The zero-order valence-corrected chi connectivity index (χ0v) is 30.8. The summed E-state index contributed by atoms with van der Waals surface area (Å²) >= 11 is 5.05. The van der Waals surface area contributed by atoms with Crippen LogP contribution in [0.2, 0.25) is 0 Å². The molecule has 5 aromatic carbocycles. The molecule has 1 N–H and O–H groups in total. The molecule has 0 bridgehead atoms. The molecule has 1 amide bonds. The summed E-state index contributed by atoms with van der Waals surface area (Å²) in [5.41, 5.74) is 9.40. The zero-order valence-electron chi connectivity index (χ0n) is 28.3. The molecule has 0 saturated carbocycles. The van der Waals surface area contributed by atoms with Crippen LogP contribution >= 0.6 is 27.7 Å². The topological polar surface area (TPSA) is 63.2 Å². The molecule has 8 heteroatoms. The molecule has 51 heavy (non-hydrogen) atoms. The standard InChI is InChI=1S/C43H38BrN3O3S/c1-2-49-38-23-29(22-37(44)41(38)50-27-28-12-6-3-7-13-28)24-39-42(48)46-43(51-39)45-32-25-35-33(30-14-8-4-9-15-30)18-20-47-21-19-34(36(26-32)40(35)47)31-16-10-5-11-17-31/h3-17,22-26,33-34H,2,18-21,27H2,1H3,(H,45,46,48)/b39-24-/t33-,34-/m1/s1. The lowest BCUT2D eigenvalue weighted by Crippen LogP contribution is -2.37. The minimum atomic E-state index is -0.174. The van der Waals surface area contributed by atoms with Gasteiger partial charge in [-0.25, -0.2) is 4.99 Å². The van der Waals surface area contributed by atoms with Crippen LogP contribution in [-0.4, -0.2) is 30.8 Å². The summed E-state index contributed by atoms with van der Waals surface area (Å²) in [5.74, 6) is 1.64. The average molecular weight is 757 g/mol. The maximum Gasteiger partial charge on any atom is 0.264 e. The largest absolute Gasteiger partial charge is 0.490 e. The molecule has 1 fully saturated rings. The summed E-state index contributed by atoms with van der Waals surface area (Å²) in [6, 6.07) is 40.0. The van der Waals surface area contributed by atoms with E-state index in [2.05, 4.69) is 98.9 Å². The second-order valence-electron chi connectivity index (χ2n) is 13.0. The Morgan fingerprint density at radius 1 is 0.843 bits per heavy atom. The monoisotopic (exact) mass is 755 g/mol. The number of aliphatic imine (C=N–C) groups is 1. The number of benzene rings is 5. The number of amides is 1. The van der Waals surface area contributed by atoms with Crippen LogP contribution in [0.1, 0.15) is 65.0 Å². The maximum absolute atomic E-state index is 13.3. The summed E-state index contributed by atoms with van der Waals surface area (Å²) in [6.45, 7) is 4.92. The van der Waals surface area contributed by atoms with Crippen molar-refractivity contribution in [1.82, 2.24) is 5.32 Å². The fourth-order valence-electron chi connectivity index (χ4n) is 7.46. The molecule has 256 valence electrons. The van der Waals surface area contributed by atoms with Gasteiger partial charge in [0.05, 0.1) is 21.7 Å². The van der Waals surface area contributed by atoms with Crippen LogP contribution in [-0.2, 0) is 11.4 Å². The van der Waals surface area contributed by atoms with Crippen molar-refractivity contribution >= 4 is 56.2 Å². The van der Waals surface area contributed by atoms with Gasteiger partial charge in [-0.15, -0.1) is 0 Å². The quantitative estimate of drug-likeness (QED) is 0.152. The molecule has 3 aliphatic heterocycles. The number of hydrogen-bond donors (Lipinski definition) is 1. The van der Waals surface area contributed by atoms with E-state index in [1.807, 2.05) is 55.5 Å². The third-order valence-electron chi connectivity index (χ3n) is 9.74. The van der Waals surface area contributed by atoms with Gasteiger partial charge in [0.15, 0.2) is 16.7 Å². The number of amidine groups is 1. The predicted molar refractivity (Wildman–Crippen MR) is 211 cm³/mol. The van der Waals surface area contributed by atoms with Gasteiger partial charge in [-0.2, -0.15) is 0 Å². The van der Waals surface area contributed by atoms with Gasteiger partial charge >= 0.3 is 0 Å². The lowest BCUT2D eigenvalue weighted by molar-refractivity contribution is -0.115. The summed E-state index contributed by atoms with van der Waals surface area (Å²) in [6.07, 6.45) is 3.99. The Kier molecular flexibility index (Phi) is 9.70. The van der Waals surface area contributed by atoms with Crippen LogP contribution in [0.15, 0.2) is 130 Å². The second kappa shape index (κ2) is 14.8. The zero-order chi connectivity index (χ0) is 34.7. The first kappa shape index (κ1) is 33.4. The van der Waals surface area contributed by atoms with Crippen molar-refractivity contribution in [3.63, 3.8) is 0 Å².